The number of amides is 1. The molecule has 0 radical (unpaired) electrons. The van der Waals surface area contributed by atoms with Gasteiger partial charge in [-0.1, -0.05) is 12.1 Å². The molecule has 0 saturated carbocycles. The molecule has 2 aromatic rings. The first-order valence-electron chi connectivity index (χ1n) is 8.38. The molecule has 1 aliphatic rings. The standard InChI is InChI=1S/C19H20FNO3S/c1-11(2)24-19(23)16-13-8-4-6-10-15(13)25-18(16)21-17(22)12-7-3-5-9-14(12)20/h3,5,7,9,11H,4,6,8,10H2,1-2H3,(H,21,22). The van der Waals surface area contributed by atoms with Crippen molar-refractivity contribution in [1.29, 1.82) is 0 Å². The van der Waals surface area contributed by atoms with Crippen molar-refractivity contribution < 1.29 is 18.7 Å². The van der Waals surface area contributed by atoms with Gasteiger partial charge in [0, 0.05) is 4.88 Å². The Morgan fingerprint density at radius 1 is 1.20 bits per heavy atom. The van der Waals surface area contributed by atoms with Crippen molar-refractivity contribution in [2.45, 2.75) is 45.6 Å². The van der Waals surface area contributed by atoms with Crippen LogP contribution >= 0.6 is 11.3 Å². The third-order valence-corrected chi connectivity index (χ3v) is 5.27. The predicted molar refractivity (Wildman–Crippen MR) is 95.9 cm³/mol. The van der Waals surface area contributed by atoms with Gasteiger partial charge < -0.3 is 10.1 Å². The van der Waals surface area contributed by atoms with Gasteiger partial charge in [-0.15, -0.1) is 11.3 Å². The zero-order chi connectivity index (χ0) is 18.0. The molecule has 1 aromatic carbocycles. The van der Waals surface area contributed by atoms with Crippen molar-refractivity contribution in [2.24, 2.45) is 0 Å². The molecule has 0 fully saturated rings. The average molecular weight is 361 g/mol. The van der Waals surface area contributed by atoms with Crippen molar-refractivity contribution in [3.05, 3.63) is 51.7 Å². The minimum absolute atomic E-state index is 0.0444. The maximum Gasteiger partial charge on any atom is 0.341 e. The fourth-order valence-corrected chi connectivity index (χ4v) is 4.23. The van der Waals surface area contributed by atoms with Gasteiger partial charge >= 0.3 is 5.97 Å². The first-order valence-corrected chi connectivity index (χ1v) is 9.20. The summed E-state index contributed by atoms with van der Waals surface area (Å²) in [7, 11) is 0. The lowest BCUT2D eigenvalue weighted by molar-refractivity contribution is 0.0378. The Morgan fingerprint density at radius 2 is 1.92 bits per heavy atom. The molecule has 1 N–H and O–H groups in total. The van der Waals surface area contributed by atoms with Crippen LogP contribution in [0.1, 0.15) is 57.8 Å². The van der Waals surface area contributed by atoms with Gasteiger partial charge in [-0.25, -0.2) is 9.18 Å². The summed E-state index contributed by atoms with van der Waals surface area (Å²) in [5.41, 5.74) is 1.35. The number of carbonyl (C=O) groups is 2. The molecule has 0 aliphatic heterocycles. The SMILES string of the molecule is CC(C)OC(=O)c1c(NC(=O)c2ccccc2F)sc2c1CCCC2. The summed E-state index contributed by atoms with van der Waals surface area (Å²) in [6.07, 6.45) is 3.50. The Hall–Kier alpha value is -2.21. The van der Waals surface area contributed by atoms with E-state index < -0.39 is 17.7 Å². The highest BCUT2D eigenvalue weighted by atomic mass is 32.1. The molecule has 0 saturated heterocycles. The summed E-state index contributed by atoms with van der Waals surface area (Å²) in [4.78, 5) is 26.1. The molecule has 0 atom stereocenters. The highest BCUT2D eigenvalue weighted by molar-refractivity contribution is 7.17. The highest BCUT2D eigenvalue weighted by Crippen LogP contribution is 2.39. The number of benzene rings is 1. The topological polar surface area (TPSA) is 55.4 Å². The molecule has 0 unspecified atom stereocenters. The van der Waals surface area contributed by atoms with E-state index in [0.29, 0.717) is 10.6 Å². The number of nitrogens with one attached hydrogen (secondary N) is 1. The van der Waals surface area contributed by atoms with Gasteiger partial charge in [-0.3, -0.25) is 4.79 Å². The van der Waals surface area contributed by atoms with E-state index >= 15 is 0 Å². The molecular formula is C19H20FNO3S. The largest absolute Gasteiger partial charge is 0.459 e. The van der Waals surface area contributed by atoms with E-state index in [0.717, 1.165) is 36.1 Å². The number of anilines is 1. The molecule has 0 spiro atoms. The molecule has 1 heterocycles. The van der Waals surface area contributed by atoms with Crippen LogP contribution in [0.3, 0.4) is 0 Å². The number of hydrogen-bond donors (Lipinski definition) is 1. The molecule has 4 nitrogen and oxygen atoms in total. The Bertz CT molecular complexity index is 813. The Labute approximate surface area is 150 Å². The normalized spacial score (nSPS) is 13.4. The van der Waals surface area contributed by atoms with E-state index in [2.05, 4.69) is 5.32 Å². The minimum Gasteiger partial charge on any atom is -0.459 e. The zero-order valence-electron chi connectivity index (χ0n) is 14.2. The van der Waals surface area contributed by atoms with E-state index in [1.54, 1.807) is 19.9 Å². The maximum atomic E-state index is 13.9. The summed E-state index contributed by atoms with van der Waals surface area (Å²) in [5.74, 6) is -1.58. The Balaban J connectivity index is 1.95. The van der Waals surface area contributed by atoms with Gasteiger partial charge in [0.25, 0.3) is 5.91 Å². The van der Waals surface area contributed by atoms with Crippen LogP contribution in [0, 0.1) is 5.82 Å². The quantitative estimate of drug-likeness (QED) is 0.811. The monoisotopic (exact) mass is 361 g/mol. The number of carbonyl (C=O) groups excluding carboxylic acids is 2. The smallest absolute Gasteiger partial charge is 0.341 e. The molecule has 1 aromatic heterocycles. The third-order valence-electron chi connectivity index (χ3n) is 4.06. The fourth-order valence-electron chi connectivity index (χ4n) is 2.96. The first-order chi connectivity index (χ1) is 12.0. The van der Waals surface area contributed by atoms with Gasteiger partial charge in [0.2, 0.25) is 0 Å². The summed E-state index contributed by atoms with van der Waals surface area (Å²) < 4.78 is 19.2. The van der Waals surface area contributed by atoms with Crippen LogP contribution < -0.4 is 5.32 Å². The zero-order valence-corrected chi connectivity index (χ0v) is 15.0. The maximum absolute atomic E-state index is 13.9. The van der Waals surface area contributed by atoms with E-state index in [1.807, 2.05) is 0 Å². The number of fused-ring (bicyclic) bond motifs is 1. The summed E-state index contributed by atoms with van der Waals surface area (Å²) in [6, 6.07) is 5.79. The fraction of sp³-hybridized carbons (Fsp3) is 0.368. The molecular weight excluding hydrogens is 341 g/mol. The summed E-state index contributed by atoms with van der Waals surface area (Å²) >= 11 is 1.39. The van der Waals surface area contributed by atoms with Crippen LogP contribution in [-0.2, 0) is 17.6 Å². The lowest BCUT2D eigenvalue weighted by atomic mass is 9.95. The van der Waals surface area contributed by atoms with Gasteiger partial charge in [0.15, 0.2) is 0 Å². The summed E-state index contributed by atoms with van der Waals surface area (Å²) in [5, 5.41) is 3.17. The van der Waals surface area contributed by atoms with Crippen LogP contribution in [0.2, 0.25) is 0 Å². The van der Waals surface area contributed by atoms with Gasteiger partial charge in [-0.05, 0) is 57.2 Å². The minimum atomic E-state index is -0.590. The van der Waals surface area contributed by atoms with Gasteiger partial charge in [0.05, 0.1) is 17.2 Å². The van der Waals surface area contributed by atoms with Crippen molar-refractivity contribution in [3.8, 4) is 0 Å². The van der Waals surface area contributed by atoms with Gasteiger partial charge in [-0.2, -0.15) is 0 Å². The van der Waals surface area contributed by atoms with Crippen LogP contribution in [0.15, 0.2) is 24.3 Å². The number of thiophene rings is 1. The average Bonchev–Trinajstić information content (AvgIpc) is 2.92. The number of hydrogen-bond acceptors (Lipinski definition) is 4. The van der Waals surface area contributed by atoms with E-state index in [4.69, 9.17) is 4.74 Å². The number of esters is 1. The van der Waals surface area contributed by atoms with Crippen molar-refractivity contribution in [1.82, 2.24) is 0 Å². The van der Waals surface area contributed by atoms with Gasteiger partial charge in [0.1, 0.15) is 10.8 Å². The molecule has 1 amide bonds. The lowest BCUT2D eigenvalue weighted by Crippen LogP contribution is -2.18. The molecule has 3 rings (SSSR count). The van der Waals surface area contributed by atoms with E-state index in [-0.39, 0.29) is 11.7 Å². The Morgan fingerprint density at radius 3 is 2.64 bits per heavy atom. The first kappa shape index (κ1) is 17.6. The second-order valence-corrected chi connectivity index (χ2v) is 7.41. The van der Waals surface area contributed by atoms with Crippen LogP contribution in [0.5, 0.6) is 0 Å². The molecule has 6 heteroatoms. The predicted octanol–water partition coefficient (Wildman–Crippen LogP) is 4.58. The number of rotatable bonds is 4. The number of aryl methyl sites for hydroxylation is 1. The number of halogens is 1. The van der Waals surface area contributed by atoms with Crippen molar-refractivity contribution in [2.75, 3.05) is 5.32 Å². The molecule has 132 valence electrons. The van der Waals surface area contributed by atoms with Crippen LogP contribution in [-0.4, -0.2) is 18.0 Å². The Kier molecular flexibility index (Phi) is 5.18. The second kappa shape index (κ2) is 7.35. The summed E-state index contributed by atoms with van der Waals surface area (Å²) in [6.45, 7) is 3.57. The highest BCUT2D eigenvalue weighted by Gasteiger charge is 2.28. The van der Waals surface area contributed by atoms with Crippen molar-refractivity contribution >= 4 is 28.2 Å². The lowest BCUT2D eigenvalue weighted by Gasteiger charge is -2.14. The number of ether oxygens (including phenoxy) is 1. The van der Waals surface area contributed by atoms with Crippen LogP contribution in [0.4, 0.5) is 9.39 Å². The van der Waals surface area contributed by atoms with Crippen LogP contribution in [0.25, 0.3) is 0 Å². The van der Waals surface area contributed by atoms with E-state index in [1.165, 1.54) is 29.5 Å². The second-order valence-electron chi connectivity index (χ2n) is 6.30. The van der Waals surface area contributed by atoms with E-state index in [9.17, 15) is 14.0 Å². The molecule has 25 heavy (non-hydrogen) atoms. The van der Waals surface area contributed by atoms with Crippen molar-refractivity contribution in [3.63, 3.8) is 0 Å². The third kappa shape index (κ3) is 3.74. The molecule has 0 bridgehead atoms. The molecule has 1 aliphatic carbocycles.